The summed E-state index contributed by atoms with van der Waals surface area (Å²) in [5.41, 5.74) is 0.826. The maximum absolute atomic E-state index is 11.2. The molecule has 2 unspecified atom stereocenters. The molecule has 0 bridgehead atoms. The predicted molar refractivity (Wildman–Crippen MR) is 69.6 cm³/mol. The van der Waals surface area contributed by atoms with E-state index in [4.69, 9.17) is 21.4 Å². The second-order valence-electron chi connectivity index (χ2n) is 4.04. The molecule has 1 rings (SSSR count). The molecule has 106 valence electrons. The van der Waals surface area contributed by atoms with E-state index in [1.165, 1.54) is 12.1 Å². The minimum atomic E-state index is -1.32. The third-order valence-electron chi connectivity index (χ3n) is 2.61. The molecule has 19 heavy (non-hydrogen) atoms. The molecular formula is C13H17ClO5. The zero-order chi connectivity index (χ0) is 14.4. The topological polar surface area (TPSA) is 87.0 Å². The van der Waals surface area contributed by atoms with Gasteiger partial charge in [0.1, 0.15) is 6.10 Å². The van der Waals surface area contributed by atoms with Gasteiger partial charge in [-0.25, -0.2) is 0 Å². The van der Waals surface area contributed by atoms with Crippen molar-refractivity contribution in [1.29, 1.82) is 0 Å². The number of hydrogen-bond acceptors (Lipinski definition) is 5. The fraction of sp³-hybridized carbons (Fsp3) is 0.462. The summed E-state index contributed by atoms with van der Waals surface area (Å²) in [6.07, 6.45) is -2.96. The van der Waals surface area contributed by atoms with Crippen LogP contribution in [0.4, 0.5) is 0 Å². The molecule has 0 radical (unpaired) electrons. The molecule has 6 heteroatoms. The maximum atomic E-state index is 11.2. The Balaban J connectivity index is 2.81. The van der Waals surface area contributed by atoms with Crippen LogP contribution in [0.2, 0.25) is 5.02 Å². The van der Waals surface area contributed by atoms with Crippen molar-refractivity contribution in [3.8, 4) is 0 Å². The van der Waals surface area contributed by atoms with Crippen LogP contribution < -0.4 is 0 Å². The minimum absolute atomic E-state index is 0.204. The van der Waals surface area contributed by atoms with Gasteiger partial charge in [-0.1, -0.05) is 17.7 Å². The van der Waals surface area contributed by atoms with E-state index in [1.54, 1.807) is 13.0 Å². The normalized spacial score (nSPS) is 13.9. The lowest BCUT2D eigenvalue weighted by molar-refractivity contribution is -0.147. The molecule has 2 atom stereocenters. The van der Waals surface area contributed by atoms with E-state index in [2.05, 4.69) is 0 Å². The Kier molecular flexibility index (Phi) is 6.24. The first kappa shape index (κ1) is 15.9. The molecule has 0 aliphatic heterocycles. The Morgan fingerprint density at radius 2 is 2.11 bits per heavy atom. The molecule has 5 nitrogen and oxygen atoms in total. The van der Waals surface area contributed by atoms with Gasteiger partial charge < -0.3 is 20.1 Å². The highest BCUT2D eigenvalue weighted by atomic mass is 35.5. The van der Waals surface area contributed by atoms with Crippen LogP contribution in [0.1, 0.15) is 30.6 Å². The van der Waals surface area contributed by atoms with E-state index in [0.29, 0.717) is 5.56 Å². The quantitative estimate of drug-likeness (QED) is 0.684. The fourth-order valence-electron chi connectivity index (χ4n) is 1.63. The van der Waals surface area contributed by atoms with Crippen molar-refractivity contribution in [2.75, 3.05) is 6.61 Å². The first-order chi connectivity index (χ1) is 8.99. The summed E-state index contributed by atoms with van der Waals surface area (Å²) in [7, 11) is 0. The molecule has 0 aromatic heterocycles. The van der Waals surface area contributed by atoms with Crippen LogP contribution in [0.15, 0.2) is 18.2 Å². The second-order valence-corrected chi connectivity index (χ2v) is 4.44. The molecule has 0 heterocycles. The standard InChI is InChI=1S/C13H17ClO5/c1-2-19-12(17)6-11(16)13(18)9-5-8(7-15)3-4-10(9)14/h3-5,11,13,15-16,18H,2,6-7H2,1H3. The van der Waals surface area contributed by atoms with Crippen LogP contribution in [0.3, 0.4) is 0 Å². The SMILES string of the molecule is CCOC(=O)CC(O)C(O)c1cc(CO)ccc1Cl. The van der Waals surface area contributed by atoms with Gasteiger partial charge in [0, 0.05) is 10.6 Å². The van der Waals surface area contributed by atoms with E-state index in [1.807, 2.05) is 0 Å². The average molecular weight is 289 g/mol. The maximum Gasteiger partial charge on any atom is 0.308 e. The molecule has 1 aromatic carbocycles. The Hall–Kier alpha value is -1.14. The number of esters is 1. The van der Waals surface area contributed by atoms with Crippen molar-refractivity contribution < 1.29 is 24.9 Å². The number of carbonyl (C=O) groups excluding carboxylic acids is 1. The van der Waals surface area contributed by atoms with Crippen LogP contribution in [0.25, 0.3) is 0 Å². The Bertz CT molecular complexity index is 435. The third-order valence-corrected chi connectivity index (χ3v) is 2.95. The molecule has 0 fully saturated rings. The van der Waals surface area contributed by atoms with Crippen LogP contribution in [0.5, 0.6) is 0 Å². The number of benzene rings is 1. The number of aliphatic hydroxyl groups excluding tert-OH is 3. The van der Waals surface area contributed by atoms with Gasteiger partial charge in [-0.2, -0.15) is 0 Å². The van der Waals surface area contributed by atoms with Crippen LogP contribution in [-0.2, 0) is 16.1 Å². The zero-order valence-electron chi connectivity index (χ0n) is 10.5. The second kappa shape index (κ2) is 7.45. The van der Waals surface area contributed by atoms with Crippen LogP contribution in [0, 0.1) is 0 Å². The van der Waals surface area contributed by atoms with Gasteiger partial charge in [-0.15, -0.1) is 0 Å². The molecule has 0 aliphatic carbocycles. The van der Waals surface area contributed by atoms with Gasteiger partial charge in [0.2, 0.25) is 0 Å². The number of hydrogen-bond donors (Lipinski definition) is 3. The molecule has 0 aliphatic rings. The van der Waals surface area contributed by atoms with Crippen molar-refractivity contribution in [2.45, 2.75) is 32.2 Å². The monoisotopic (exact) mass is 288 g/mol. The zero-order valence-corrected chi connectivity index (χ0v) is 11.3. The first-order valence-corrected chi connectivity index (χ1v) is 6.28. The summed E-state index contributed by atoms with van der Waals surface area (Å²) in [6.45, 7) is 1.66. The third kappa shape index (κ3) is 4.47. The lowest BCUT2D eigenvalue weighted by Gasteiger charge is -2.19. The van der Waals surface area contributed by atoms with Gasteiger partial charge in [-0.05, 0) is 24.6 Å². The molecule has 0 saturated carbocycles. The highest BCUT2D eigenvalue weighted by Gasteiger charge is 2.24. The average Bonchev–Trinajstić information content (AvgIpc) is 2.38. The van der Waals surface area contributed by atoms with Crippen LogP contribution in [-0.4, -0.2) is 34.0 Å². The van der Waals surface area contributed by atoms with Gasteiger partial charge in [-0.3, -0.25) is 4.79 Å². The molecular weight excluding hydrogens is 272 g/mol. The van der Waals surface area contributed by atoms with Gasteiger partial charge in [0.25, 0.3) is 0 Å². The van der Waals surface area contributed by atoms with Gasteiger partial charge in [0.05, 0.1) is 25.7 Å². The van der Waals surface area contributed by atoms with E-state index >= 15 is 0 Å². The lowest BCUT2D eigenvalue weighted by Crippen LogP contribution is -2.23. The van der Waals surface area contributed by atoms with Crippen molar-refractivity contribution in [3.63, 3.8) is 0 Å². The number of rotatable bonds is 6. The smallest absolute Gasteiger partial charge is 0.308 e. The largest absolute Gasteiger partial charge is 0.466 e. The van der Waals surface area contributed by atoms with Crippen LogP contribution >= 0.6 is 11.6 Å². The van der Waals surface area contributed by atoms with E-state index in [-0.39, 0.29) is 30.2 Å². The Morgan fingerprint density at radius 3 is 2.68 bits per heavy atom. The molecule has 3 N–H and O–H groups in total. The molecule has 1 aromatic rings. The minimum Gasteiger partial charge on any atom is -0.466 e. The Labute approximate surface area is 116 Å². The first-order valence-electron chi connectivity index (χ1n) is 5.90. The highest BCUT2D eigenvalue weighted by Crippen LogP contribution is 2.27. The van der Waals surface area contributed by atoms with Crippen molar-refractivity contribution in [3.05, 3.63) is 34.3 Å². The molecule has 0 saturated heterocycles. The number of halogens is 1. The summed E-state index contributed by atoms with van der Waals surface area (Å²) in [5.74, 6) is -0.594. The molecule has 0 amide bonds. The fourth-order valence-corrected chi connectivity index (χ4v) is 1.86. The van der Waals surface area contributed by atoms with E-state index < -0.39 is 18.2 Å². The van der Waals surface area contributed by atoms with Crippen molar-refractivity contribution in [2.24, 2.45) is 0 Å². The van der Waals surface area contributed by atoms with Gasteiger partial charge >= 0.3 is 5.97 Å². The highest BCUT2D eigenvalue weighted by molar-refractivity contribution is 6.31. The van der Waals surface area contributed by atoms with E-state index in [9.17, 15) is 15.0 Å². The summed E-state index contributed by atoms with van der Waals surface area (Å²) >= 11 is 5.92. The number of aliphatic hydroxyl groups is 3. The Morgan fingerprint density at radius 1 is 1.42 bits per heavy atom. The van der Waals surface area contributed by atoms with Gasteiger partial charge in [0.15, 0.2) is 0 Å². The summed E-state index contributed by atoms with van der Waals surface area (Å²) in [5, 5.41) is 29.1. The van der Waals surface area contributed by atoms with Crippen molar-refractivity contribution in [1.82, 2.24) is 0 Å². The van der Waals surface area contributed by atoms with E-state index in [0.717, 1.165) is 0 Å². The molecule has 0 spiro atoms. The summed E-state index contributed by atoms with van der Waals surface area (Å²) < 4.78 is 4.69. The summed E-state index contributed by atoms with van der Waals surface area (Å²) in [4.78, 5) is 11.2. The van der Waals surface area contributed by atoms with Crippen molar-refractivity contribution >= 4 is 17.6 Å². The number of ether oxygens (including phenoxy) is 1. The predicted octanol–water partition coefficient (Wildman–Crippen LogP) is 1.18. The summed E-state index contributed by atoms with van der Waals surface area (Å²) in [6, 6.07) is 4.61. The lowest BCUT2D eigenvalue weighted by atomic mass is 10.00. The number of carbonyl (C=O) groups is 1.